The average molecular weight is 222 g/mol. The molecule has 1 atom stereocenters. The molecule has 3 nitrogen and oxygen atoms in total. The summed E-state index contributed by atoms with van der Waals surface area (Å²) >= 11 is 0. The van der Waals surface area contributed by atoms with Crippen molar-refractivity contribution < 1.29 is 5.11 Å². The minimum Gasteiger partial charge on any atom is -0.507 e. The fraction of sp³-hybridized carbons (Fsp3) is 0.538. The molecule has 1 unspecified atom stereocenters. The molecule has 2 N–H and O–H groups in total. The van der Waals surface area contributed by atoms with Crippen LogP contribution in [0.2, 0.25) is 0 Å². The molecule has 1 rings (SSSR count). The predicted octanol–water partition coefficient (Wildman–Crippen LogP) is 1.74. The Kier molecular flexibility index (Phi) is 4.77. The van der Waals surface area contributed by atoms with Crippen LogP contribution in [0.15, 0.2) is 18.2 Å². The minimum absolute atomic E-state index is 0.409. The fourth-order valence-electron chi connectivity index (χ4n) is 1.76. The van der Waals surface area contributed by atoms with Gasteiger partial charge < -0.3 is 15.3 Å². The van der Waals surface area contributed by atoms with E-state index in [1.165, 1.54) is 0 Å². The predicted molar refractivity (Wildman–Crippen MR) is 67.7 cm³/mol. The van der Waals surface area contributed by atoms with Crippen molar-refractivity contribution in [3.8, 4) is 5.75 Å². The van der Waals surface area contributed by atoms with Crippen molar-refractivity contribution >= 4 is 0 Å². The van der Waals surface area contributed by atoms with Gasteiger partial charge in [0.25, 0.3) is 0 Å². The lowest BCUT2D eigenvalue weighted by Crippen LogP contribution is -2.35. The molecule has 0 fully saturated rings. The summed E-state index contributed by atoms with van der Waals surface area (Å²) in [6.45, 7) is 5.77. The monoisotopic (exact) mass is 222 g/mol. The number of nitrogens with one attached hydrogen (secondary N) is 1. The quantitative estimate of drug-likeness (QED) is 0.796. The molecule has 1 aromatic rings. The number of hydrogen-bond acceptors (Lipinski definition) is 3. The third kappa shape index (κ3) is 3.83. The number of aromatic hydroxyl groups is 1. The highest BCUT2D eigenvalue weighted by atomic mass is 16.3. The third-order valence-corrected chi connectivity index (χ3v) is 2.60. The maximum atomic E-state index is 9.84. The summed E-state index contributed by atoms with van der Waals surface area (Å²) in [5, 5.41) is 13.2. The topological polar surface area (TPSA) is 35.5 Å². The van der Waals surface area contributed by atoms with E-state index in [-0.39, 0.29) is 0 Å². The van der Waals surface area contributed by atoms with E-state index >= 15 is 0 Å². The highest BCUT2D eigenvalue weighted by Crippen LogP contribution is 2.20. The number of aryl methyl sites for hydroxylation is 1. The van der Waals surface area contributed by atoms with Crippen LogP contribution in [0.25, 0.3) is 0 Å². The Morgan fingerprint density at radius 3 is 2.69 bits per heavy atom. The van der Waals surface area contributed by atoms with E-state index in [4.69, 9.17) is 0 Å². The maximum Gasteiger partial charge on any atom is 0.122 e. The van der Waals surface area contributed by atoms with Crippen molar-refractivity contribution in [1.29, 1.82) is 0 Å². The summed E-state index contributed by atoms with van der Waals surface area (Å²) in [5.74, 6) is 0.409. The fourth-order valence-corrected chi connectivity index (χ4v) is 1.76. The first-order valence-electron chi connectivity index (χ1n) is 5.66. The van der Waals surface area contributed by atoms with E-state index < -0.39 is 0 Å². The first-order valence-corrected chi connectivity index (χ1v) is 5.66. The van der Waals surface area contributed by atoms with Crippen LogP contribution in [-0.2, 0) is 6.54 Å². The van der Waals surface area contributed by atoms with Gasteiger partial charge in [0.2, 0.25) is 0 Å². The van der Waals surface area contributed by atoms with E-state index in [0.717, 1.165) is 17.7 Å². The molecule has 0 radical (unpaired) electrons. The van der Waals surface area contributed by atoms with Crippen LogP contribution in [0.5, 0.6) is 5.75 Å². The lowest BCUT2D eigenvalue weighted by Gasteiger charge is -2.18. The second-order valence-electron chi connectivity index (χ2n) is 4.63. The lowest BCUT2D eigenvalue weighted by atomic mass is 10.1. The summed E-state index contributed by atoms with van der Waals surface area (Å²) in [4.78, 5) is 2.15. The van der Waals surface area contributed by atoms with Crippen molar-refractivity contribution in [2.24, 2.45) is 0 Å². The molecular weight excluding hydrogens is 200 g/mol. The van der Waals surface area contributed by atoms with E-state index in [1.807, 2.05) is 25.1 Å². The average Bonchev–Trinajstić information content (AvgIpc) is 2.19. The van der Waals surface area contributed by atoms with Crippen LogP contribution in [0.4, 0.5) is 0 Å². The lowest BCUT2D eigenvalue weighted by molar-refractivity contribution is 0.347. The second-order valence-corrected chi connectivity index (χ2v) is 4.63. The van der Waals surface area contributed by atoms with Crippen molar-refractivity contribution in [2.75, 3.05) is 20.6 Å². The zero-order chi connectivity index (χ0) is 12.1. The van der Waals surface area contributed by atoms with Gasteiger partial charge in [-0.25, -0.2) is 0 Å². The Bertz CT molecular complexity index is 337. The molecule has 0 saturated heterocycles. The summed E-state index contributed by atoms with van der Waals surface area (Å²) in [6, 6.07) is 6.26. The van der Waals surface area contributed by atoms with E-state index in [1.54, 1.807) is 0 Å². The molecule has 0 saturated carbocycles. The number of benzene rings is 1. The maximum absolute atomic E-state index is 9.84. The summed E-state index contributed by atoms with van der Waals surface area (Å²) < 4.78 is 0. The molecule has 16 heavy (non-hydrogen) atoms. The van der Waals surface area contributed by atoms with Crippen LogP contribution in [0.1, 0.15) is 18.1 Å². The van der Waals surface area contributed by atoms with Gasteiger partial charge in [0.05, 0.1) is 0 Å². The molecular formula is C13H22N2O. The number of rotatable bonds is 5. The van der Waals surface area contributed by atoms with E-state index in [9.17, 15) is 5.11 Å². The number of nitrogens with zero attached hydrogens (tertiary/aromatic N) is 1. The van der Waals surface area contributed by atoms with Gasteiger partial charge in [-0.3, -0.25) is 0 Å². The molecule has 0 heterocycles. The molecule has 3 heteroatoms. The summed E-state index contributed by atoms with van der Waals surface area (Å²) in [5.41, 5.74) is 1.89. The largest absolute Gasteiger partial charge is 0.507 e. The number of para-hydroxylation sites is 1. The summed E-state index contributed by atoms with van der Waals surface area (Å²) in [6.07, 6.45) is 0. The van der Waals surface area contributed by atoms with Crippen LogP contribution in [-0.4, -0.2) is 36.7 Å². The standard InChI is InChI=1S/C13H22N2O/c1-10-6-5-7-12(13(10)16)8-14-11(2)9-15(3)4/h5-7,11,14,16H,8-9H2,1-4H3. The van der Waals surface area contributed by atoms with Gasteiger partial charge in [0, 0.05) is 24.7 Å². The highest BCUT2D eigenvalue weighted by molar-refractivity contribution is 5.39. The SMILES string of the molecule is Cc1cccc(CNC(C)CN(C)C)c1O. The van der Waals surface area contributed by atoms with Crippen molar-refractivity contribution in [1.82, 2.24) is 10.2 Å². The van der Waals surface area contributed by atoms with Crippen LogP contribution >= 0.6 is 0 Å². The van der Waals surface area contributed by atoms with Gasteiger partial charge in [0.1, 0.15) is 5.75 Å². The Morgan fingerprint density at radius 1 is 1.38 bits per heavy atom. The first kappa shape index (κ1) is 13.0. The minimum atomic E-state index is 0.409. The van der Waals surface area contributed by atoms with Gasteiger partial charge >= 0.3 is 0 Å². The third-order valence-electron chi connectivity index (χ3n) is 2.60. The van der Waals surface area contributed by atoms with Crippen molar-refractivity contribution in [2.45, 2.75) is 26.4 Å². The smallest absolute Gasteiger partial charge is 0.122 e. The van der Waals surface area contributed by atoms with E-state index in [2.05, 4.69) is 31.2 Å². The normalized spacial score (nSPS) is 13.1. The molecule has 0 amide bonds. The Balaban J connectivity index is 2.51. The Hall–Kier alpha value is -1.06. The van der Waals surface area contributed by atoms with Crippen LogP contribution in [0.3, 0.4) is 0 Å². The van der Waals surface area contributed by atoms with Gasteiger partial charge in [-0.15, -0.1) is 0 Å². The zero-order valence-electron chi connectivity index (χ0n) is 10.6. The van der Waals surface area contributed by atoms with Gasteiger partial charge in [-0.2, -0.15) is 0 Å². The number of likely N-dealkylation sites (N-methyl/N-ethyl adjacent to an activating group) is 1. The number of phenols is 1. The molecule has 0 aliphatic heterocycles. The molecule has 0 bridgehead atoms. The molecule has 0 aliphatic carbocycles. The van der Waals surface area contributed by atoms with Gasteiger partial charge in [-0.1, -0.05) is 18.2 Å². The molecule has 90 valence electrons. The van der Waals surface area contributed by atoms with Gasteiger partial charge in [0.15, 0.2) is 0 Å². The summed E-state index contributed by atoms with van der Waals surface area (Å²) in [7, 11) is 4.12. The number of hydrogen-bond donors (Lipinski definition) is 2. The molecule has 0 spiro atoms. The molecule has 0 aliphatic rings. The van der Waals surface area contributed by atoms with Crippen LogP contribution < -0.4 is 5.32 Å². The first-order chi connectivity index (χ1) is 7.50. The Labute approximate surface area is 98.1 Å². The molecule has 1 aromatic carbocycles. The van der Waals surface area contributed by atoms with E-state index in [0.29, 0.717) is 18.3 Å². The van der Waals surface area contributed by atoms with Crippen molar-refractivity contribution in [3.05, 3.63) is 29.3 Å². The Morgan fingerprint density at radius 2 is 2.06 bits per heavy atom. The number of phenolic OH excluding ortho intramolecular Hbond substituents is 1. The second kappa shape index (κ2) is 5.87. The zero-order valence-corrected chi connectivity index (χ0v) is 10.6. The highest BCUT2D eigenvalue weighted by Gasteiger charge is 2.06. The van der Waals surface area contributed by atoms with Crippen LogP contribution in [0, 0.1) is 6.92 Å². The van der Waals surface area contributed by atoms with Crippen molar-refractivity contribution in [3.63, 3.8) is 0 Å². The molecule has 0 aromatic heterocycles. The van der Waals surface area contributed by atoms with Gasteiger partial charge in [-0.05, 0) is 33.5 Å².